The summed E-state index contributed by atoms with van der Waals surface area (Å²) < 4.78 is 81.5. The smallest absolute Gasteiger partial charge is 0.323 e. The maximum atomic E-state index is 15.9. The summed E-state index contributed by atoms with van der Waals surface area (Å²) >= 11 is 0. The van der Waals surface area contributed by atoms with Gasteiger partial charge in [-0.2, -0.15) is 13.9 Å². The fourth-order valence-corrected chi connectivity index (χ4v) is 4.83. The summed E-state index contributed by atoms with van der Waals surface area (Å²) in [6, 6.07) is 18.8. The molecule has 0 saturated carbocycles. The molecule has 1 unspecified atom stereocenters. The van der Waals surface area contributed by atoms with Crippen LogP contribution in [0.3, 0.4) is 0 Å². The lowest BCUT2D eigenvalue weighted by atomic mass is 9.84. The van der Waals surface area contributed by atoms with Gasteiger partial charge in [-0.1, -0.05) is 36.1 Å². The first-order chi connectivity index (χ1) is 23.1. The topological polar surface area (TPSA) is 104 Å². The molecule has 0 fully saturated rings. The van der Waals surface area contributed by atoms with E-state index in [0.29, 0.717) is 36.1 Å². The van der Waals surface area contributed by atoms with Gasteiger partial charge in [0.15, 0.2) is 11.4 Å². The summed E-state index contributed by atoms with van der Waals surface area (Å²) in [5.41, 5.74) is -2.15. The standard InChI is InChI=1S/C34H24F5N7O2/c35-27-10-13-30(31(37)15-27)33(47,21-46-22-41-43-44-46)34(38,39)32-14-9-24(16-40-32)2-1-23-7-11-29(12-8-23)48-20-26-5-3-25(4-6-26)18-45-19-28(36)17-42-45/h3-17,19,22,47H,18,20-21H2. The number of aromatic nitrogens is 7. The predicted octanol–water partition coefficient (Wildman–Crippen LogP) is 5.39. The van der Waals surface area contributed by atoms with Crippen molar-refractivity contribution < 1.29 is 31.8 Å². The van der Waals surface area contributed by atoms with E-state index in [1.54, 1.807) is 24.3 Å². The molecule has 0 radical (unpaired) electrons. The molecule has 0 spiro atoms. The summed E-state index contributed by atoms with van der Waals surface area (Å²) in [6.07, 6.45) is 4.56. The highest BCUT2D eigenvalue weighted by Gasteiger charge is 2.58. The van der Waals surface area contributed by atoms with Gasteiger partial charge in [0.1, 0.15) is 36.0 Å². The van der Waals surface area contributed by atoms with Gasteiger partial charge in [-0.3, -0.25) is 9.67 Å². The van der Waals surface area contributed by atoms with E-state index in [0.717, 1.165) is 52.7 Å². The second-order valence-corrected chi connectivity index (χ2v) is 10.7. The molecule has 1 N–H and O–H groups in total. The Balaban J connectivity index is 1.11. The van der Waals surface area contributed by atoms with Crippen molar-refractivity contribution in [3.05, 3.63) is 155 Å². The first-order valence-electron chi connectivity index (χ1n) is 14.3. The van der Waals surface area contributed by atoms with Crippen LogP contribution in [0.5, 0.6) is 5.75 Å². The van der Waals surface area contributed by atoms with Gasteiger partial charge in [-0.05, 0) is 70.1 Å². The average molecular weight is 658 g/mol. The number of tetrazole rings is 1. The fourth-order valence-electron chi connectivity index (χ4n) is 4.83. The number of halogens is 5. The Labute approximate surface area is 270 Å². The van der Waals surface area contributed by atoms with E-state index >= 15 is 8.78 Å². The number of hydrogen-bond acceptors (Lipinski definition) is 7. The highest BCUT2D eigenvalue weighted by Crippen LogP contribution is 2.46. The molecular weight excluding hydrogens is 633 g/mol. The minimum atomic E-state index is -4.18. The van der Waals surface area contributed by atoms with Crippen molar-refractivity contribution in [2.24, 2.45) is 0 Å². The highest BCUT2D eigenvalue weighted by atomic mass is 19.3. The third kappa shape index (κ3) is 7.06. The molecule has 3 heterocycles. The summed E-state index contributed by atoms with van der Waals surface area (Å²) in [6.45, 7) is -0.185. The molecule has 0 amide bonds. The van der Waals surface area contributed by atoms with Crippen molar-refractivity contribution in [1.29, 1.82) is 0 Å². The van der Waals surface area contributed by atoms with Crippen molar-refractivity contribution in [3.8, 4) is 17.6 Å². The number of ether oxygens (including phenoxy) is 1. The number of nitrogens with zero attached hydrogens (tertiary/aromatic N) is 7. The Bertz CT molecular complexity index is 2060. The van der Waals surface area contributed by atoms with Crippen LogP contribution in [0, 0.1) is 29.3 Å². The summed E-state index contributed by atoms with van der Waals surface area (Å²) in [5, 5.41) is 25.5. The maximum absolute atomic E-state index is 15.9. The van der Waals surface area contributed by atoms with Crippen molar-refractivity contribution >= 4 is 0 Å². The molecule has 14 heteroatoms. The second-order valence-electron chi connectivity index (χ2n) is 10.7. The molecule has 6 rings (SSSR count). The van der Waals surface area contributed by atoms with Crippen molar-refractivity contribution in [2.75, 3.05) is 0 Å². The summed E-state index contributed by atoms with van der Waals surface area (Å²) in [5.74, 6) is -0.571. The Kier molecular flexibility index (Phi) is 8.95. The van der Waals surface area contributed by atoms with Crippen LogP contribution in [-0.2, 0) is 31.2 Å². The zero-order valence-corrected chi connectivity index (χ0v) is 24.8. The SMILES string of the molecule is OC(Cn1cnnn1)(c1ccc(F)cc1F)C(F)(F)c1ccc(C#Cc2ccc(OCc3ccc(Cn4cc(F)cn4)cc3)cc2)cn1. The zero-order chi connectivity index (χ0) is 33.7. The van der Waals surface area contributed by atoms with E-state index in [4.69, 9.17) is 4.74 Å². The van der Waals surface area contributed by atoms with E-state index in [1.165, 1.54) is 16.9 Å². The predicted molar refractivity (Wildman–Crippen MR) is 161 cm³/mol. The number of pyridine rings is 1. The molecule has 3 aromatic carbocycles. The summed E-state index contributed by atoms with van der Waals surface area (Å²) in [7, 11) is 0. The van der Waals surface area contributed by atoms with Gasteiger partial charge >= 0.3 is 5.92 Å². The van der Waals surface area contributed by atoms with Crippen LogP contribution in [0.1, 0.15) is 33.5 Å². The largest absolute Gasteiger partial charge is 0.489 e. The summed E-state index contributed by atoms with van der Waals surface area (Å²) in [4.78, 5) is 3.82. The minimum absolute atomic E-state index is 0.299. The quantitative estimate of drug-likeness (QED) is 0.156. The second kappa shape index (κ2) is 13.4. The molecule has 6 aromatic rings. The van der Waals surface area contributed by atoms with E-state index < -0.39 is 41.0 Å². The molecule has 242 valence electrons. The normalized spacial score (nSPS) is 12.6. The molecule has 0 aliphatic heterocycles. The molecule has 1 atom stereocenters. The first kappa shape index (κ1) is 32.0. The lowest BCUT2D eigenvalue weighted by Gasteiger charge is -2.35. The van der Waals surface area contributed by atoms with Crippen molar-refractivity contribution in [3.63, 3.8) is 0 Å². The molecule has 9 nitrogen and oxygen atoms in total. The highest BCUT2D eigenvalue weighted by molar-refractivity contribution is 5.44. The Hall–Kier alpha value is -5.94. The van der Waals surface area contributed by atoms with Gasteiger partial charge in [-0.15, -0.1) is 5.10 Å². The molecule has 0 aliphatic rings. The van der Waals surface area contributed by atoms with E-state index in [9.17, 15) is 18.3 Å². The van der Waals surface area contributed by atoms with Crippen LogP contribution in [0.15, 0.2) is 104 Å². The van der Waals surface area contributed by atoms with Crippen LogP contribution >= 0.6 is 0 Å². The van der Waals surface area contributed by atoms with Gasteiger partial charge in [0, 0.05) is 29.0 Å². The molecule has 0 aliphatic carbocycles. The number of benzene rings is 3. The molecule has 3 aromatic heterocycles. The lowest BCUT2D eigenvalue weighted by Crippen LogP contribution is -2.48. The van der Waals surface area contributed by atoms with E-state index in [2.05, 4.69) is 37.4 Å². The molecule has 0 saturated heterocycles. The van der Waals surface area contributed by atoms with Crippen LogP contribution in [0.25, 0.3) is 0 Å². The Morgan fingerprint density at radius 2 is 1.52 bits per heavy atom. The number of rotatable bonds is 10. The van der Waals surface area contributed by atoms with Gasteiger partial charge in [-0.25, -0.2) is 17.9 Å². The van der Waals surface area contributed by atoms with Crippen LogP contribution in [0.4, 0.5) is 22.0 Å². The molecule has 48 heavy (non-hydrogen) atoms. The Morgan fingerprint density at radius 3 is 2.17 bits per heavy atom. The number of hydrogen-bond donors (Lipinski definition) is 1. The van der Waals surface area contributed by atoms with Crippen molar-refractivity contribution in [2.45, 2.75) is 31.2 Å². The van der Waals surface area contributed by atoms with Crippen LogP contribution < -0.4 is 4.74 Å². The van der Waals surface area contributed by atoms with Crippen molar-refractivity contribution in [1.82, 2.24) is 35.0 Å². The third-order valence-electron chi connectivity index (χ3n) is 7.34. The van der Waals surface area contributed by atoms with E-state index in [-0.39, 0.29) is 5.82 Å². The maximum Gasteiger partial charge on any atom is 0.323 e. The zero-order valence-electron chi connectivity index (χ0n) is 24.8. The minimum Gasteiger partial charge on any atom is -0.489 e. The lowest BCUT2D eigenvalue weighted by molar-refractivity contribution is -0.207. The fraction of sp³-hybridized carbons (Fsp3) is 0.147. The van der Waals surface area contributed by atoms with Gasteiger partial charge < -0.3 is 9.84 Å². The number of aliphatic hydroxyl groups is 1. The van der Waals surface area contributed by atoms with Gasteiger partial charge in [0.05, 0.1) is 25.5 Å². The van der Waals surface area contributed by atoms with Crippen LogP contribution in [-0.4, -0.2) is 40.1 Å². The van der Waals surface area contributed by atoms with Gasteiger partial charge in [0.2, 0.25) is 0 Å². The van der Waals surface area contributed by atoms with E-state index in [1.807, 2.05) is 24.3 Å². The molecular formula is C34H24F5N7O2. The first-order valence-corrected chi connectivity index (χ1v) is 14.3. The van der Waals surface area contributed by atoms with Crippen LogP contribution in [0.2, 0.25) is 0 Å². The Morgan fingerprint density at radius 1 is 0.792 bits per heavy atom. The number of alkyl halides is 2. The average Bonchev–Trinajstić information content (AvgIpc) is 3.75. The monoisotopic (exact) mass is 657 g/mol. The van der Waals surface area contributed by atoms with Gasteiger partial charge in [0.25, 0.3) is 0 Å². The molecule has 0 bridgehead atoms. The third-order valence-corrected chi connectivity index (χ3v) is 7.34.